The zero-order chi connectivity index (χ0) is 9.78. The third kappa shape index (κ3) is 7.98. The molecule has 0 bridgehead atoms. The minimum Gasteiger partial charge on any atom is -0.390 e. The second-order valence-electron chi connectivity index (χ2n) is 4.55. The average molecular weight is 174 g/mol. The molecule has 0 aromatic heterocycles. The molecule has 0 rings (SSSR count). The van der Waals surface area contributed by atoms with Gasteiger partial charge >= 0.3 is 0 Å². The van der Waals surface area contributed by atoms with E-state index >= 15 is 0 Å². The highest BCUT2D eigenvalue weighted by Crippen LogP contribution is 1.98. The van der Waals surface area contributed by atoms with E-state index in [1.807, 2.05) is 19.0 Å². The second-order valence-corrected chi connectivity index (χ2v) is 4.55. The lowest BCUT2D eigenvalue weighted by Crippen LogP contribution is -2.43. The zero-order valence-corrected chi connectivity index (χ0v) is 8.89. The highest BCUT2D eigenvalue weighted by atomic mass is 16.3. The number of nitrogens with one attached hydrogen (secondary N) is 1. The summed E-state index contributed by atoms with van der Waals surface area (Å²) in [5.74, 6) is 0. The van der Waals surface area contributed by atoms with Crippen molar-refractivity contribution in [1.29, 1.82) is 0 Å². The predicted molar refractivity (Wildman–Crippen MR) is 52.3 cm³/mol. The molecule has 0 spiro atoms. The highest BCUT2D eigenvalue weighted by Gasteiger charge is 2.12. The van der Waals surface area contributed by atoms with Gasteiger partial charge in [0.15, 0.2) is 0 Å². The van der Waals surface area contributed by atoms with Crippen LogP contribution in [0.25, 0.3) is 0 Å². The van der Waals surface area contributed by atoms with Crippen LogP contribution < -0.4 is 5.32 Å². The van der Waals surface area contributed by atoms with Crippen molar-refractivity contribution < 1.29 is 5.11 Å². The standard InChI is InChI=1S/C9H22N2O/c1-9(2,3)10-6-8(12)7-11(4)5/h8,10,12H,6-7H2,1-5H3. The molecule has 0 saturated carbocycles. The number of aliphatic hydroxyl groups is 1. The van der Waals surface area contributed by atoms with E-state index in [9.17, 15) is 5.11 Å². The van der Waals surface area contributed by atoms with Crippen LogP contribution in [0.3, 0.4) is 0 Å². The molecular weight excluding hydrogens is 152 g/mol. The number of nitrogens with zero attached hydrogens (tertiary/aromatic N) is 1. The number of β-amino-alcohol motifs (C(OH)–C–C–N with tert-alkyl or cyclic N) is 1. The number of rotatable bonds is 4. The molecule has 0 aliphatic heterocycles. The number of hydrogen-bond donors (Lipinski definition) is 2. The van der Waals surface area contributed by atoms with Crippen LogP contribution in [0.4, 0.5) is 0 Å². The molecule has 0 heterocycles. The fourth-order valence-corrected chi connectivity index (χ4v) is 0.910. The molecule has 1 unspecified atom stereocenters. The lowest BCUT2D eigenvalue weighted by molar-refractivity contribution is 0.127. The van der Waals surface area contributed by atoms with Crippen LogP contribution >= 0.6 is 0 Å². The van der Waals surface area contributed by atoms with Crippen LogP contribution in [0.5, 0.6) is 0 Å². The summed E-state index contributed by atoms with van der Waals surface area (Å²) in [4.78, 5) is 1.98. The quantitative estimate of drug-likeness (QED) is 0.643. The topological polar surface area (TPSA) is 35.5 Å². The van der Waals surface area contributed by atoms with Crippen LogP contribution in [0.2, 0.25) is 0 Å². The Kier molecular flexibility index (Phi) is 4.75. The van der Waals surface area contributed by atoms with Crippen molar-refractivity contribution in [3.63, 3.8) is 0 Å². The Labute approximate surface area is 75.8 Å². The van der Waals surface area contributed by atoms with Crippen molar-refractivity contribution in [2.45, 2.75) is 32.4 Å². The summed E-state index contributed by atoms with van der Waals surface area (Å²) in [5, 5.41) is 12.7. The molecule has 1 atom stereocenters. The normalized spacial score (nSPS) is 15.2. The molecule has 0 fully saturated rings. The predicted octanol–water partition coefficient (Wildman–Crippen LogP) is 0.297. The molecule has 74 valence electrons. The monoisotopic (exact) mass is 174 g/mol. The van der Waals surface area contributed by atoms with Gasteiger partial charge in [-0.3, -0.25) is 0 Å². The maximum atomic E-state index is 9.48. The summed E-state index contributed by atoms with van der Waals surface area (Å²) in [5.41, 5.74) is 0.0906. The molecule has 3 nitrogen and oxygen atoms in total. The van der Waals surface area contributed by atoms with Gasteiger partial charge in [-0.1, -0.05) is 0 Å². The van der Waals surface area contributed by atoms with Gasteiger partial charge in [-0.05, 0) is 34.9 Å². The first-order chi connectivity index (χ1) is 5.31. The molecule has 0 aliphatic carbocycles. The summed E-state index contributed by atoms with van der Waals surface area (Å²) in [6, 6.07) is 0. The third-order valence-corrected chi connectivity index (χ3v) is 1.44. The number of likely N-dealkylation sites (N-methyl/N-ethyl adjacent to an activating group) is 1. The summed E-state index contributed by atoms with van der Waals surface area (Å²) in [6.07, 6.45) is -0.278. The second kappa shape index (κ2) is 4.80. The Morgan fingerprint density at radius 1 is 1.33 bits per heavy atom. The molecular formula is C9H22N2O. The van der Waals surface area contributed by atoms with Gasteiger partial charge in [-0.15, -0.1) is 0 Å². The van der Waals surface area contributed by atoms with E-state index in [0.29, 0.717) is 13.1 Å². The Balaban J connectivity index is 3.51. The summed E-state index contributed by atoms with van der Waals surface area (Å²) >= 11 is 0. The lowest BCUT2D eigenvalue weighted by Gasteiger charge is -2.24. The van der Waals surface area contributed by atoms with E-state index in [4.69, 9.17) is 0 Å². The Hall–Kier alpha value is -0.120. The molecule has 0 aromatic rings. The molecule has 2 N–H and O–H groups in total. The molecule has 0 aromatic carbocycles. The van der Waals surface area contributed by atoms with Crippen LogP contribution in [0.15, 0.2) is 0 Å². The van der Waals surface area contributed by atoms with E-state index in [1.165, 1.54) is 0 Å². The SMILES string of the molecule is CN(C)CC(O)CNC(C)(C)C. The summed E-state index contributed by atoms with van der Waals surface area (Å²) < 4.78 is 0. The minimum atomic E-state index is -0.278. The lowest BCUT2D eigenvalue weighted by atomic mass is 10.1. The maximum absolute atomic E-state index is 9.48. The maximum Gasteiger partial charge on any atom is 0.0791 e. The van der Waals surface area contributed by atoms with Gasteiger partial charge in [0, 0.05) is 18.6 Å². The fraction of sp³-hybridized carbons (Fsp3) is 1.00. The Morgan fingerprint density at radius 3 is 2.17 bits per heavy atom. The van der Waals surface area contributed by atoms with Gasteiger partial charge in [0.2, 0.25) is 0 Å². The number of aliphatic hydroxyl groups excluding tert-OH is 1. The van der Waals surface area contributed by atoms with E-state index in [0.717, 1.165) is 0 Å². The molecule has 0 amide bonds. The van der Waals surface area contributed by atoms with E-state index in [-0.39, 0.29) is 11.6 Å². The first kappa shape index (κ1) is 11.9. The van der Waals surface area contributed by atoms with Crippen LogP contribution in [-0.4, -0.2) is 48.8 Å². The minimum absolute atomic E-state index is 0.0906. The Bertz CT molecular complexity index is 118. The van der Waals surface area contributed by atoms with E-state index < -0.39 is 0 Å². The van der Waals surface area contributed by atoms with Gasteiger partial charge in [-0.25, -0.2) is 0 Å². The molecule has 0 aliphatic rings. The summed E-state index contributed by atoms with van der Waals surface area (Å²) in [6.45, 7) is 7.64. The zero-order valence-electron chi connectivity index (χ0n) is 8.89. The molecule has 3 heteroatoms. The smallest absolute Gasteiger partial charge is 0.0791 e. The average Bonchev–Trinajstić information content (AvgIpc) is 1.80. The van der Waals surface area contributed by atoms with Gasteiger partial charge in [0.05, 0.1) is 6.10 Å². The van der Waals surface area contributed by atoms with Gasteiger partial charge < -0.3 is 15.3 Å². The Morgan fingerprint density at radius 2 is 1.83 bits per heavy atom. The van der Waals surface area contributed by atoms with Crippen LogP contribution in [0, 0.1) is 0 Å². The van der Waals surface area contributed by atoms with Gasteiger partial charge in [0.1, 0.15) is 0 Å². The highest BCUT2D eigenvalue weighted by molar-refractivity contribution is 4.73. The first-order valence-corrected chi connectivity index (χ1v) is 4.39. The van der Waals surface area contributed by atoms with Crippen LogP contribution in [0.1, 0.15) is 20.8 Å². The van der Waals surface area contributed by atoms with Crippen molar-refractivity contribution in [3.05, 3.63) is 0 Å². The van der Waals surface area contributed by atoms with E-state index in [2.05, 4.69) is 26.1 Å². The van der Waals surface area contributed by atoms with Crippen LogP contribution in [-0.2, 0) is 0 Å². The third-order valence-electron chi connectivity index (χ3n) is 1.44. The van der Waals surface area contributed by atoms with Gasteiger partial charge in [-0.2, -0.15) is 0 Å². The van der Waals surface area contributed by atoms with Crippen molar-refractivity contribution in [2.24, 2.45) is 0 Å². The first-order valence-electron chi connectivity index (χ1n) is 4.39. The van der Waals surface area contributed by atoms with Crippen molar-refractivity contribution >= 4 is 0 Å². The van der Waals surface area contributed by atoms with Crippen molar-refractivity contribution in [1.82, 2.24) is 10.2 Å². The largest absolute Gasteiger partial charge is 0.390 e. The summed E-state index contributed by atoms with van der Waals surface area (Å²) in [7, 11) is 3.92. The van der Waals surface area contributed by atoms with Gasteiger partial charge in [0.25, 0.3) is 0 Å². The molecule has 12 heavy (non-hydrogen) atoms. The van der Waals surface area contributed by atoms with Crippen molar-refractivity contribution in [2.75, 3.05) is 27.2 Å². The molecule has 0 saturated heterocycles. The molecule has 0 radical (unpaired) electrons. The van der Waals surface area contributed by atoms with Crippen molar-refractivity contribution in [3.8, 4) is 0 Å². The fourth-order valence-electron chi connectivity index (χ4n) is 0.910. The van der Waals surface area contributed by atoms with E-state index in [1.54, 1.807) is 0 Å². The number of hydrogen-bond acceptors (Lipinski definition) is 3.